The predicted octanol–water partition coefficient (Wildman–Crippen LogP) is 3.75. The van der Waals surface area contributed by atoms with Crippen LogP contribution in [0, 0.1) is 6.92 Å². The summed E-state index contributed by atoms with van der Waals surface area (Å²) >= 11 is 3.50. The molecule has 0 spiro atoms. The maximum Gasteiger partial charge on any atom is 0.227 e. The van der Waals surface area contributed by atoms with Gasteiger partial charge in [0, 0.05) is 48.1 Å². The standard InChI is InChI=1S/C20H22BrF2N7/c1-12-8-19(25-20(24-12)29-7-6-15(22)16(23)10-29)30-11-17(26-27-30)14-5-4-13(21)9-18(14)28(2)3/h4-5,8-9,11,15-16H,6-7,10H2,1-3H3. The number of anilines is 2. The fourth-order valence-corrected chi connectivity index (χ4v) is 3.79. The lowest BCUT2D eigenvalue weighted by molar-refractivity contribution is 0.143. The SMILES string of the molecule is Cc1cc(-n2cc(-c3ccc(Br)cc3N(C)C)nn2)nc(N2CCC(F)C(F)C2)n1. The van der Waals surface area contributed by atoms with Crippen molar-refractivity contribution in [1.29, 1.82) is 0 Å². The lowest BCUT2D eigenvalue weighted by Gasteiger charge is -2.31. The second-order valence-electron chi connectivity index (χ2n) is 7.54. The second-order valence-corrected chi connectivity index (χ2v) is 8.45. The summed E-state index contributed by atoms with van der Waals surface area (Å²) in [4.78, 5) is 12.6. The number of hydrogen-bond donors (Lipinski definition) is 0. The highest BCUT2D eigenvalue weighted by Gasteiger charge is 2.30. The first-order valence-electron chi connectivity index (χ1n) is 9.60. The van der Waals surface area contributed by atoms with Crippen molar-refractivity contribution in [1.82, 2.24) is 25.0 Å². The fraction of sp³-hybridized carbons (Fsp3) is 0.400. The van der Waals surface area contributed by atoms with Gasteiger partial charge in [0.1, 0.15) is 18.0 Å². The Hall–Kier alpha value is -2.62. The molecular weight excluding hydrogens is 456 g/mol. The molecule has 0 N–H and O–H groups in total. The Morgan fingerprint density at radius 3 is 2.67 bits per heavy atom. The molecule has 1 aromatic carbocycles. The van der Waals surface area contributed by atoms with Crippen LogP contribution in [0.1, 0.15) is 12.1 Å². The Bertz CT molecular complexity index is 1060. The Balaban J connectivity index is 1.67. The summed E-state index contributed by atoms with van der Waals surface area (Å²) < 4.78 is 29.9. The lowest BCUT2D eigenvalue weighted by Crippen LogP contribution is -2.43. The van der Waals surface area contributed by atoms with Crippen LogP contribution in [0.25, 0.3) is 17.1 Å². The van der Waals surface area contributed by atoms with Crippen LogP contribution in [0.4, 0.5) is 20.4 Å². The lowest BCUT2D eigenvalue weighted by atomic mass is 10.1. The molecule has 4 rings (SSSR count). The molecule has 30 heavy (non-hydrogen) atoms. The van der Waals surface area contributed by atoms with Crippen molar-refractivity contribution in [3.63, 3.8) is 0 Å². The first-order valence-corrected chi connectivity index (χ1v) is 10.4. The normalized spacial score (nSPS) is 19.2. The molecule has 2 unspecified atom stereocenters. The largest absolute Gasteiger partial charge is 0.377 e. The summed E-state index contributed by atoms with van der Waals surface area (Å²) in [7, 11) is 3.93. The van der Waals surface area contributed by atoms with Gasteiger partial charge in [0.05, 0.1) is 12.7 Å². The minimum atomic E-state index is -1.54. The van der Waals surface area contributed by atoms with Crippen LogP contribution in [0.5, 0.6) is 0 Å². The highest BCUT2D eigenvalue weighted by Crippen LogP contribution is 2.31. The second kappa shape index (κ2) is 8.25. The first kappa shape index (κ1) is 20.6. The smallest absolute Gasteiger partial charge is 0.227 e. The van der Waals surface area contributed by atoms with Gasteiger partial charge in [-0.3, -0.25) is 0 Å². The minimum absolute atomic E-state index is 0.0578. The van der Waals surface area contributed by atoms with E-state index >= 15 is 0 Å². The van der Waals surface area contributed by atoms with E-state index in [0.29, 0.717) is 29.7 Å². The van der Waals surface area contributed by atoms with Gasteiger partial charge in [-0.15, -0.1) is 5.10 Å². The third kappa shape index (κ3) is 4.14. The molecule has 3 heterocycles. The molecule has 158 valence electrons. The Labute approximate surface area is 181 Å². The third-order valence-corrected chi connectivity index (χ3v) is 5.51. The number of alkyl halides is 2. The molecule has 1 aliphatic rings. The van der Waals surface area contributed by atoms with E-state index in [1.54, 1.807) is 21.8 Å². The number of halogens is 3. The molecule has 0 radical (unpaired) electrons. The van der Waals surface area contributed by atoms with E-state index < -0.39 is 12.3 Å². The van der Waals surface area contributed by atoms with Gasteiger partial charge in [-0.2, -0.15) is 4.98 Å². The Morgan fingerprint density at radius 1 is 1.13 bits per heavy atom. The van der Waals surface area contributed by atoms with Crippen molar-refractivity contribution in [3.8, 4) is 17.1 Å². The maximum atomic E-state index is 13.9. The molecule has 0 bridgehead atoms. The molecule has 3 aromatic rings. The highest BCUT2D eigenvalue weighted by molar-refractivity contribution is 9.10. The fourth-order valence-electron chi connectivity index (χ4n) is 3.44. The molecule has 0 saturated carbocycles. The quantitative estimate of drug-likeness (QED) is 0.570. The zero-order valence-corrected chi connectivity index (χ0v) is 18.5. The van der Waals surface area contributed by atoms with E-state index in [2.05, 4.69) is 36.2 Å². The maximum absolute atomic E-state index is 13.9. The van der Waals surface area contributed by atoms with Gasteiger partial charge < -0.3 is 9.80 Å². The van der Waals surface area contributed by atoms with Gasteiger partial charge in [0.15, 0.2) is 5.82 Å². The number of benzene rings is 1. The number of aryl methyl sites for hydroxylation is 1. The highest BCUT2D eigenvalue weighted by atomic mass is 79.9. The molecule has 2 aromatic heterocycles. The molecule has 7 nitrogen and oxygen atoms in total. The molecule has 1 saturated heterocycles. The van der Waals surface area contributed by atoms with Crippen molar-refractivity contribution in [2.24, 2.45) is 0 Å². The van der Waals surface area contributed by atoms with E-state index in [4.69, 9.17) is 0 Å². The number of nitrogens with zero attached hydrogens (tertiary/aromatic N) is 7. The van der Waals surface area contributed by atoms with Crippen molar-refractivity contribution in [2.45, 2.75) is 25.7 Å². The average Bonchev–Trinajstić information content (AvgIpc) is 3.19. The number of rotatable bonds is 4. The van der Waals surface area contributed by atoms with E-state index in [-0.39, 0.29) is 13.0 Å². The van der Waals surface area contributed by atoms with Crippen LogP contribution in [0.15, 0.2) is 34.9 Å². The van der Waals surface area contributed by atoms with E-state index in [0.717, 1.165) is 15.7 Å². The number of piperidine rings is 1. The van der Waals surface area contributed by atoms with E-state index in [1.807, 2.05) is 44.1 Å². The van der Waals surface area contributed by atoms with Gasteiger partial charge in [0.25, 0.3) is 0 Å². The summed E-state index contributed by atoms with van der Waals surface area (Å²) in [5.74, 6) is 0.895. The van der Waals surface area contributed by atoms with Crippen LogP contribution in [0.2, 0.25) is 0 Å². The summed E-state index contributed by atoms with van der Waals surface area (Å²) in [5, 5.41) is 8.55. The molecule has 2 atom stereocenters. The zero-order chi connectivity index (χ0) is 21.4. The Morgan fingerprint density at radius 2 is 1.93 bits per heavy atom. The summed E-state index contributed by atoms with van der Waals surface area (Å²) in [6.07, 6.45) is -1.04. The van der Waals surface area contributed by atoms with Gasteiger partial charge in [0.2, 0.25) is 5.95 Å². The van der Waals surface area contributed by atoms with Gasteiger partial charge in [-0.05, 0) is 31.5 Å². The van der Waals surface area contributed by atoms with Crippen molar-refractivity contribution in [2.75, 3.05) is 37.0 Å². The number of aromatic nitrogens is 5. The van der Waals surface area contributed by atoms with Crippen molar-refractivity contribution in [3.05, 3.63) is 40.6 Å². The molecule has 10 heteroatoms. The number of hydrogen-bond acceptors (Lipinski definition) is 6. The summed E-state index contributed by atoms with van der Waals surface area (Å²) in [5.41, 5.74) is 3.35. The summed E-state index contributed by atoms with van der Waals surface area (Å²) in [6, 6.07) is 7.73. The molecule has 0 amide bonds. The van der Waals surface area contributed by atoms with Crippen molar-refractivity contribution >= 4 is 27.6 Å². The van der Waals surface area contributed by atoms with Crippen molar-refractivity contribution < 1.29 is 8.78 Å². The monoisotopic (exact) mass is 477 g/mol. The molecule has 0 aliphatic carbocycles. The topological polar surface area (TPSA) is 63.0 Å². The van der Waals surface area contributed by atoms with Gasteiger partial charge in [-0.1, -0.05) is 21.1 Å². The minimum Gasteiger partial charge on any atom is -0.377 e. The van der Waals surface area contributed by atoms with Gasteiger partial charge in [-0.25, -0.2) is 18.4 Å². The molecule has 1 aliphatic heterocycles. The van der Waals surface area contributed by atoms with Gasteiger partial charge >= 0.3 is 0 Å². The molecular formula is C20H22BrF2N7. The van der Waals surface area contributed by atoms with Crippen LogP contribution < -0.4 is 9.80 Å². The molecule has 1 fully saturated rings. The van der Waals surface area contributed by atoms with E-state index in [1.165, 1.54) is 0 Å². The van der Waals surface area contributed by atoms with Crippen LogP contribution >= 0.6 is 15.9 Å². The first-order chi connectivity index (χ1) is 14.3. The zero-order valence-electron chi connectivity index (χ0n) is 16.9. The third-order valence-electron chi connectivity index (χ3n) is 5.02. The van der Waals surface area contributed by atoms with E-state index in [9.17, 15) is 8.78 Å². The Kier molecular flexibility index (Phi) is 5.68. The average molecular weight is 478 g/mol. The van der Waals surface area contributed by atoms with Crippen LogP contribution in [-0.4, -0.2) is 64.5 Å². The summed E-state index contributed by atoms with van der Waals surface area (Å²) in [6.45, 7) is 2.15. The van der Waals surface area contributed by atoms with Crippen LogP contribution in [-0.2, 0) is 0 Å². The predicted molar refractivity (Wildman–Crippen MR) is 116 cm³/mol. The van der Waals surface area contributed by atoms with Crippen LogP contribution in [0.3, 0.4) is 0 Å².